The van der Waals surface area contributed by atoms with Gasteiger partial charge in [-0.05, 0) is 111 Å². The van der Waals surface area contributed by atoms with Crippen LogP contribution in [0.3, 0.4) is 0 Å². The van der Waals surface area contributed by atoms with E-state index in [2.05, 4.69) is 17.2 Å². The summed E-state index contributed by atoms with van der Waals surface area (Å²) in [6.07, 6.45) is 7.94. The zero-order valence-electron chi connectivity index (χ0n) is 18.8. The Bertz CT molecular complexity index is 1320. The molecule has 5 nitrogen and oxygen atoms in total. The van der Waals surface area contributed by atoms with E-state index >= 15 is 0 Å². The third-order valence-electron chi connectivity index (χ3n) is 8.53. The number of rotatable bonds is 4. The highest BCUT2D eigenvalue weighted by atomic mass is 32.1. The summed E-state index contributed by atoms with van der Waals surface area (Å²) >= 11 is 5.48. The van der Waals surface area contributed by atoms with Crippen molar-refractivity contribution in [2.24, 2.45) is 23.2 Å². The van der Waals surface area contributed by atoms with Crippen LogP contribution < -0.4 is 10.9 Å². The van der Waals surface area contributed by atoms with Crippen molar-refractivity contribution in [2.75, 3.05) is 0 Å². The van der Waals surface area contributed by atoms with Gasteiger partial charge >= 0.3 is 0 Å². The summed E-state index contributed by atoms with van der Waals surface area (Å²) < 4.78 is 1.81. The van der Waals surface area contributed by atoms with Crippen LogP contribution in [0.5, 0.6) is 0 Å². The van der Waals surface area contributed by atoms with Crippen LogP contribution in [0.4, 0.5) is 0 Å². The van der Waals surface area contributed by atoms with Crippen LogP contribution in [0, 0.1) is 27.9 Å². The lowest BCUT2D eigenvalue weighted by atomic mass is 9.48. The fourth-order valence-electron chi connectivity index (χ4n) is 7.31. The lowest BCUT2D eigenvalue weighted by molar-refractivity contribution is -0.0688. The van der Waals surface area contributed by atoms with Crippen LogP contribution in [0.2, 0.25) is 0 Å². The molecule has 1 aromatic heterocycles. The molecule has 2 aromatic carbocycles. The summed E-state index contributed by atoms with van der Waals surface area (Å²) in [6.45, 7) is 2.19. The average Bonchev–Trinajstić information content (AvgIpc) is 2.78. The quantitative estimate of drug-likeness (QED) is 0.515. The van der Waals surface area contributed by atoms with Gasteiger partial charge in [0.15, 0.2) is 4.77 Å². The molecular weight excluding hydrogens is 430 g/mol. The van der Waals surface area contributed by atoms with E-state index in [-0.39, 0.29) is 22.9 Å². The number of aromatic amines is 1. The Labute approximate surface area is 198 Å². The van der Waals surface area contributed by atoms with Gasteiger partial charge in [-0.1, -0.05) is 18.2 Å². The summed E-state index contributed by atoms with van der Waals surface area (Å²) in [5.41, 5.74) is 1.93. The number of hydrogen-bond donors (Lipinski definition) is 2. The predicted molar refractivity (Wildman–Crippen MR) is 132 cm³/mol. The first-order valence-corrected chi connectivity index (χ1v) is 12.5. The van der Waals surface area contributed by atoms with Crippen molar-refractivity contribution in [3.8, 4) is 5.69 Å². The fourth-order valence-corrected chi connectivity index (χ4v) is 7.61. The predicted octanol–water partition coefficient (Wildman–Crippen LogP) is 5.38. The number of para-hydroxylation sites is 1. The highest BCUT2D eigenvalue weighted by Crippen LogP contribution is 2.61. The van der Waals surface area contributed by atoms with Crippen molar-refractivity contribution in [1.82, 2.24) is 14.9 Å². The first kappa shape index (κ1) is 20.8. The number of nitrogens with zero attached hydrogens (tertiary/aromatic N) is 1. The normalized spacial score (nSPS) is 28.7. The van der Waals surface area contributed by atoms with Crippen molar-refractivity contribution >= 4 is 29.0 Å². The third-order valence-corrected chi connectivity index (χ3v) is 8.81. The first-order valence-electron chi connectivity index (χ1n) is 12.1. The van der Waals surface area contributed by atoms with E-state index in [9.17, 15) is 9.59 Å². The number of amides is 1. The molecule has 1 atom stereocenters. The summed E-state index contributed by atoms with van der Waals surface area (Å²) in [5, 5.41) is 3.83. The summed E-state index contributed by atoms with van der Waals surface area (Å²) in [7, 11) is 0. The van der Waals surface area contributed by atoms with E-state index in [0.29, 0.717) is 21.2 Å². The molecule has 3 aromatic rings. The Morgan fingerprint density at radius 3 is 2.33 bits per heavy atom. The van der Waals surface area contributed by atoms with Gasteiger partial charge in [0.2, 0.25) is 0 Å². The van der Waals surface area contributed by atoms with Gasteiger partial charge in [-0.25, -0.2) is 0 Å². The van der Waals surface area contributed by atoms with Gasteiger partial charge < -0.3 is 10.3 Å². The summed E-state index contributed by atoms with van der Waals surface area (Å²) in [6, 6.07) is 14.7. The molecule has 0 spiro atoms. The number of fused-ring (bicyclic) bond motifs is 1. The minimum Gasteiger partial charge on any atom is -0.349 e. The molecule has 170 valence electrons. The minimum absolute atomic E-state index is 0.0771. The molecule has 4 saturated carbocycles. The van der Waals surface area contributed by atoms with Crippen LogP contribution in [-0.2, 0) is 0 Å². The Morgan fingerprint density at radius 2 is 1.70 bits per heavy atom. The molecule has 2 N–H and O–H groups in total. The Morgan fingerprint density at radius 1 is 1.06 bits per heavy atom. The molecule has 4 fully saturated rings. The molecule has 0 radical (unpaired) electrons. The number of carbonyl (C=O) groups is 1. The van der Waals surface area contributed by atoms with Crippen LogP contribution in [0.15, 0.2) is 53.3 Å². The molecule has 1 unspecified atom stereocenters. The smallest absolute Gasteiger partial charge is 0.266 e. The molecule has 4 aliphatic rings. The maximum absolute atomic E-state index is 13.2. The zero-order valence-corrected chi connectivity index (χ0v) is 19.7. The van der Waals surface area contributed by atoms with E-state index in [1.165, 1.54) is 43.1 Å². The Hall–Kier alpha value is -2.73. The number of hydrogen-bond acceptors (Lipinski definition) is 3. The molecule has 1 heterocycles. The molecule has 4 bridgehead atoms. The zero-order chi connectivity index (χ0) is 22.7. The van der Waals surface area contributed by atoms with Gasteiger partial charge in [-0.2, -0.15) is 0 Å². The number of carbonyl (C=O) groups excluding carboxylic acids is 1. The van der Waals surface area contributed by atoms with Gasteiger partial charge in [-0.3, -0.25) is 14.2 Å². The van der Waals surface area contributed by atoms with E-state index in [1.54, 1.807) is 18.2 Å². The maximum Gasteiger partial charge on any atom is 0.266 e. The minimum atomic E-state index is -0.186. The summed E-state index contributed by atoms with van der Waals surface area (Å²) in [4.78, 5) is 29.5. The van der Waals surface area contributed by atoms with Gasteiger partial charge in [0, 0.05) is 11.6 Å². The van der Waals surface area contributed by atoms with Crippen molar-refractivity contribution in [2.45, 2.75) is 51.5 Å². The monoisotopic (exact) mass is 459 g/mol. The lowest BCUT2D eigenvalue weighted by Crippen LogP contribution is -2.55. The van der Waals surface area contributed by atoms with Crippen LogP contribution in [0.1, 0.15) is 55.8 Å². The summed E-state index contributed by atoms with van der Waals surface area (Å²) in [5.74, 6) is 2.47. The molecule has 0 saturated heterocycles. The van der Waals surface area contributed by atoms with Crippen molar-refractivity contribution < 1.29 is 4.79 Å². The number of H-pyrrole nitrogens is 1. The number of benzene rings is 2. The van der Waals surface area contributed by atoms with E-state index < -0.39 is 0 Å². The molecule has 7 rings (SSSR count). The van der Waals surface area contributed by atoms with E-state index in [4.69, 9.17) is 12.2 Å². The maximum atomic E-state index is 13.2. The van der Waals surface area contributed by atoms with Crippen molar-refractivity contribution in [3.63, 3.8) is 0 Å². The molecule has 1 amide bonds. The second-order valence-corrected chi connectivity index (χ2v) is 11.0. The topological polar surface area (TPSA) is 66.9 Å². The van der Waals surface area contributed by atoms with E-state index in [0.717, 1.165) is 23.4 Å². The van der Waals surface area contributed by atoms with Crippen molar-refractivity contribution in [1.29, 1.82) is 0 Å². The fraction of sp³-hybridized carbons (Fsp3) is 0.444. The first-order chi connectivity index (χ1) is 15.9. The molecule has 33 heavy (non-hydrogen) atoms. The van der Waals surface area contributed by atoms with Gasteiger partial charge in [-0.15, -0.1) is 0 Å². The number of aromatic nitrogens is 2. The molecule has 0 aliphatic heterocycles. The largest absolute Gasteiger partial charge is 0.349 e. The van der Waals surface area contributed by atoms with Crippen molar-refractivity contribution in [3.05, 3.63) is 69.2 Å². The molecular formula is C27H29N3O2S. The second kappa shape index (κ2) is 7.66. The standard InChI is InChI=1S/C27H29N3O2S/c1-16(27-13-17-9-18(14-27)11-19(10-17)15-27)28-24(31)20-7-8-22-23(12-20)29-26(33)30(25(22)32)21-5-3-2-4-6-21/h2-8,12,16-19H,9-11,13-15H2,1H3,(H,28,31)(H,29,33). The van der Waals surface area contributed by atoms with Crippen LogP contribution in [0.25, 0.3) is 16.6 Å². The average molecular weight is 460 g/mol. The highest BCUT2D eigenvalue weighted by Gasteiger charge is 2.53. The van der Waals surface area contributed by atoms with E-state index in [1.807, 2.05) is 30.3 Å². The van der Waals surface area contributed by atoms with Gasteiger partial charge in [0.05, 0.1) is 16.6 Å². The Balaban J connectivity index is 1.28. The molecule has 6 heteroatoms. The van der Waals surface area contributed by atoms with Gasteiger partial charge in [0.1, 0.15) is 0 Å². The van der Waals surface area contributed by atoms with Crippen LogP contribution >= 0.6 is 12.2 Å². The van der Waals surface area contributed by atoms with Crippen LogP contribution in [-0.4, -0.2) is 21.5 Å². The highest BCUT2D eigenvalue weighted by molar-refractivity contribution is 7.71. The molecule has 4 aliphatic carbocycles. The number of nitrogens with one attached hydrogen (secondary N) is 2. The Kier molecular flexibility index (Phi) is 4.84. The third kappa shape index (κ3) is 3.46. The lowest BCUT2D eigenvalue weighted by Gasteiger charge is -2.59. The SMILES string of the molecule is CC(NC(=O)c1ccc2c(=O)n(-c3ccccc3)c(=S)[nH]c2c1)C12CC3CC(CC(C3)C1)C2. The van der Waals surface area contributed by atoms with Gasteiger partial charge in [0.25, 0.3) is 11.5 Å². The second-order valence-electron chi connectivity index (χ2n) is 10.6.